The molecule has 5 nitrogen and oxygen atoms in total. The normalized spacial score (nSPS) is 11.1. The molecule has 96 valence electrons. The number of aromatic nitrogens is 3. The summed E-state index contributed by atoms with van der Waals surface area (Å²) in [5.74, 6) is -0.448. The Kier molecular flexibility index (Phi) is 3.85. The number of aromatic amines is 1. The van der Waals surface area contributed by atoms with Gasteiger partial charge in [-0.1, -0.05) is 15.9 Å². The Balaban J connectivity index is 2.19. The van der Waals surface area contributed by atoms with Crippen LogP contribution < -0.4 is 5.32 Å². The van der Waals surface area contributed by atoms with Crippen LogP contribution in [-0.4, -0.2) is 34.3 Å². The summed E-state index contributed by atoms with van der Waals surface area (Å²) in [6.45, 7) is -0.0810. The molecule has 1 heterocycles. The third-order valence-electron chi connectivity index (χ3n) is 2.28. The van der Waals surface area contributed by atoms with Crippen molar-refractivity contribution < 1.29 is 13.6 Å². The maximum Gasteiger partial charge on any atom is 0.253 e. The smallest absolute Gasteiger partial charge is 0.253 e. The van der Waals surface area contributed by atoms with E-state index in [1.54, 1.807) is 12.1 Å². The first-order valence-electron chi connectivity index (χ1n) is 5.14. The van der Waals surface area contributed by atoms with Crippen LogP contribution in [0.25, 0.3) is 11.0 Å². The predicted molar refractivity (Wildman–Crippen MR) is 64.5 cm³/mol. The summed E-state index contributed by atoms with van der Waals surface area (Å²) in [6, 6.07) is 3.28. The van der Waals surface area contributed by atoms with Gasteiger partial charge >= 0.3 is 0 Å². The number of halogens is 3. The highest BCUT2D eigenvalue weighted by Gasteiger charge is 2.14. The lowest BCUT2D eigenvalue weighted by Gasteiger charge is -2.05. The lowest BCUT2D eigenvalue weighted by molar-refractivity contribution is 0.0935. The van der Waals surface area contributed by atoms with Gasteiger partial charge in [-0.05, 0) is 12.1 Å². The van der Waals surface area contributed by atoms with Gasteiger partial charge in [-0.15, -0.1) is 0 Å². The SMILES string of the molecule is O=C(NCCC(F)F)c1cc(Br)cc2n[nH]nc12. The van der Waals surface area contributed by atoms with Crippen LogP contribution in [0.1, 0.15) is 16.8 Å². The molecule has 0 saturated heterocycles. The molecule has 0 aliphatic heterocycles. The van der Waals surface area contributed by atoms with E-state index in [1.165, 1.54) is 0 Å². The fourth-order valence-electron chi connectivity index (χ4n) is 1.48. The Labute approximate surface area is 109 Å². The highest BCUT2D eigenvalue weighted by atomic mass is 79.9. The van der Waals surface area contributed by atoms with E-state index < -0.39 is 12.3 Å². The monoisotopic (exact) mass is 318 g/mol. The minimum Gasteiger partial charge on any atom is -0.352 e. The number of H-pyrrole nitrogens is 1. The summed E-state index contributed by atoms with van der Waals surface area (Å²) in [7, 11) is 0. The molecule has 1 aromatic heterocycles. The molecule has 0 atom stereocenters. The summed E-state index contributed by atoms with van der Waals surface area (Å²) in [6.07, 6.45) is -2.80. The number of benzene rings is 1. The number of rotatable bonds is 4. The van der Waals surface area contributed by atoms with Crippen molar-refractivity contribution in [1.82, 2.24) is 20.7 Å². The van der Waals surface area contributed by atoms with Gasteiger partial charge in [-0.3, -0.25) is 4.79 Å². The Hall–Kier alpha value is -1.57. The van der Waals surface area contributed by atoms with Gasteiger partial charge in [0.25, 0.3) is 5.91 Å². The van der Waals surface area contributed by atoms with Crippen LogP contribution in [0.4, 0.5) is 8.78 Å². The van der Waals surface area contributed by atoms with Gasteiger partial charge in [-0.25, -0.2) is 8.78 Å². The second kappa shape index (κ2) is 5.38. The third-order valence-corrected chi connectivity index (χ3v) is 2.74. The molecule has 0 aliphatic carbocycles. The van der Waals surface area contributed by atoms with Crippen molar-refractivity contribution >= 4 is 32.9 Å². The standard InChI is InChI=1S/C10H9BrF2N4O/c11-5-3-6(9-7(4-5)15-17-16-9)10(18)14-2-1-8(12)13/h3-4,8H,1-2H2,(H,14,18)(H,15,16,17). The summed E-state index contributed by atoms with van der Waals surface area (Å²) in [5.41, 5.74) is 1.23. The number of hydrogen-bond donors (Lipinski definition) is 2. The Morgan fingerprint density at radius 2 is 2.22 bits per heavy atom. The first-order chi connectivity index (χ1) is 8.58. The number of hydrogen-bond acceptors (Lipinski definition) is 3. The second-order valence-corrected chi connectivity index (χ2v) is 4.50. The molecule has 0 unspecified atom stereocenters. The Morgan fingerprint density at radius 3 is 2.94 bits per heavy atom. The zero-order chi connectivity index (χ0) is 13.1. The minimum atomic E-state index is -2.43. The highest BCUT2D eigenvalue weighted by Crippen LogP contribution is 2.20. The van der Waals surface area contributed by atoms with Crippen molar-refractivity contribution in [2.24, 2.45) is 0 Å². The van der Waals surface area contributed by atoms with Crippen molar-refractivity contribution in [3.63, 3.8) is 0 Å². The largest absolute Gasteiger partial charge is 0.352 e. The first kappa shape index (κ1) is 12.9. The van der Waals surface area contributed by atoms with E-state index in [-0.39, 0.29) is 13.0 Å². The molecule has 0 fully saturated rings. The summed E-state index contributed by atoms with van der Waals surface area (Å²) in [4.78, 5) is 11.8. The number of amides is 1. The van der Waals surface area contributed by atoms with E-state index in [9.17, 15) is 13.6 Å². The zero-order valence-electron chi connectivity index (χ0n) is 9.08. The van der Waals surface area contributed by atoms with E-state index in [4.69, 9.17) is 0 Å². The lowest BCUT2D eigenvalue weighted by atomic mass is 10.1. The summed E-state index contributed by atoms with van der Waals surface area (Å²) >= 11 is 3.25. The first-order valence-corrected chi connectivity index (χ1v) is 5.93. The fourth-order valence-corrected chi connectivity index (χ4v) is 1.93. The fraction of sp³-hybridized carbons (Fsp3) is 0.300. The van der Waals surface area contributed by atoms with E-state index in [0.717, 1.165) is 0 Å². The molecule has 1 aromatic carbocycles. The van der Waals surface area contributed by atoms with Crippen molar-refractivity contribution in [2.75, 3.05) is 6.54 Å². The average molecular weight is 319 g/mol. The molecule has 1 amide bonds. The minimum absolute atomic E-state index is 0.0810. The van der Waals surface area contributed by atoms with Crippen molar-refractivity contribution in [3.05, 3.63) is 22.2 Å². The molecular formula is C10H9BrF2N4O. The van der Waals surface area contributed by atoms with Gasteiger partial charge in [0.1, 0.15) is 11.0 Å². The number of nitrogens with zero attached hydrogens (tertiary/aromatic N) is 2. The topological polar surface area (TPSA) is 70.7 Å². The van der Waals surface area contributed by atoms with Gasteiger partial charge in [-0.2, -0.15) is 15.4 Å². The summed E-state index contributed by atoms with van der Waals surface area (Å²) in [5, 5.41) is 12.6. The number of carbonyl (C=O) groups is 1. The molecule has 18 heavy (non-hydrogen) atoms. The van der Waals surface area contributed by atoms with Gasteiger partial charge in [0, 0.05) is 17.4 Å². The Morgan fingerprint density at radius 1 is 1.44 bits per heavy atom. The highest BCUT2D eigenvalue weighted by molar-refractivity contribution is 9.10. The van der Waals surface area contributed by atoms with Crippen LogP contribution in [0, 0.1) is 0 Å². The predicted octanol–water partition coefficient (Wildman–Crippen LogP) is 2.11. The quantitative estimate of drug-likeness (QED) is 0.907. The third kappa shape index (κ3) is 2.81. The van der Waals surface area contributed by atoms with Gasteiger partial charge < -0.3 is 5.32 Å². The zero-order valence-corrected chi connectivity index (χ0v) is 10.7. The number of carbonyl (C=O) groups excluding carboxylic acids is 1. The van der Waals surface area contributed by atoms with E-state index in [1.807, 2.05) is 0 Å². The molecule has 0 bridgehead atoms. The van der Waals surface area contributed by atoms with Crippen LogP contribution in [-0.2, 0) is 0 Å². The number of alkyl halides is 2. The van der Waals surface area contributed by atoms with Crippen molar-refractivity contribution in [2.45, 2.75) is 12.8 Å². The lowest BCUT2D eigenvalue weighted by Crippen LogP contribution is -2.26. The number of nitrogens with one attached hydrogen (secondary N) is 2. The summed E-state index contributed by atoms with van der Waals surface area (Å²) < 4.78 is 24.6. The molecule has 0 aliphatic rings. The second-order valence-electron chi connectivity index (χ2n) is 3.58. The molecule has 2 rings (SSSR count). The maximum absolute atomic E-state index is 12.0. The maximum atomic E-state index is 12.0. The van der Waals surface area contributed by atoms with Gasteiger partial charge in [0.2, 0.25) is 6.43 Å². The molecule has 0 saturated carbocycles. The van der Waals surface area contributed by atoms with Crippen LogP contribution in [0.5, 0.6) is 0 Å². The van der Waals surface area contributed by atoms with Crippen LogP contribution in [0.2, 0.25) is 0 Å². The van der Waals surface area contributed by atoms with Crippen molar-refractivity contribution in [1.29, 1.82) is 0 Å². The van der Waals surface area contributed by atoms with Crippen LogP contribution >= 0.6 is 15.9 Å². The van der Waals surface area contributed by atoms with Crippen LogP contribution in [0.15, 0.2) is 16.6 Å². The average Bonchev–Trinajstić information content (AvgIpc) is 2.74. The molecule has 2 N–H and O–H groups in total. The molecule has 8 heteroatoms. The molecular weight excluding hydrogens is 310 g/mol. The van der Waals surface area contributed by atoms with E-state index in [0.29, 0.717) is 21.1 Å². The van der Waals surface area contributed by atoms with E-state index >= 15 is 0 Å². The van der Waals surface area contributed by atoms with Crippen LogP contribution in [0.3, 0.4) is 0 Å². The van der Waals surface area contributed by atoms with E-state index in [2.05, 4.69) is 36.7 Å². The molecule has 0 spiro atoms. The molecule has 2 aromatic rings. The van der Waals surface area contributed by atoms with Gasteiger partial charge in [0.15, 0.2) is 0 Å². The molecule has 0 radical (unpaired) electrons. The Bertz CT molecular complexity index is 572. The van der Waals surface area contributed by atoms with Gasteiger partial charge in [0.05, 0.1) is 5.56 Å². The van der Waals surface area contributed by atoms with Crippen molar-refractivity contribution in [3.8, 4) is 0 Å². The number of fused-ring (bicyclic) bond motifs is 1.